The van der Waals surface area contributed by atoms with Gasteiger partial charge in [-0.05, 0) is 91.6 Å². The summed E-state index contributed by atoms with van der Waals surface area (Å²) < 4.78 is 8.07. The topological polar surface area (TPSA) is 0 Å². The third-order valence-electron chi connectivity index (χ3n) is 10.8. The molecule has 3 aromatic heterocycles. The molecule has 0 aliphatic heterocycles. The number of hydrogen-bond acceptors (Lipinski definition) is 3. The predicted molar refractivity (Wildman–Crippen MR) is 228 cm³/mol. The maximum absolute atomic E-state index is 2.51. The zero-order valence-electron chi connectivity index (χ0n) is 27.2. The maximum atomic E-state index is 2.51. The van der Waals surface area contributed by atoms with Crippen LogP contribution in [0.15, 0.2) is 158 Å². The molecular weight excluding hydrogens is 673 g/mol. The number of hydrogen-bond donors (Lipinski definition) is 0. The molecule has 0 fully saturated rings. The van der Waals surface area contributed by atoms with Crippen molar-refractivity contribution in [3.63, 3.8) is 0 Å². The van der Waals surface area contributed by atoms with Gasteiger partial charge >= 0.3 is 0 Å². The Morgan fingerprint density at radius 1 is 0.255 bits per heavy atom. The van der Waals surface area contributed by atoms with E-state index in [1.807, 2.05) is 34.0 Å². The molecule has 0 spiro atoms. The monoisotopic (exact) mass is 698 g/mol. The van der Waals surface area contributed by atoms with Crippen LogP contribution in [0.25, 0.3) is 115 Å². The molecule has 3 heteroatoms. The summed E-state index contributed by atoms with van der Waals surface area (Å²) in [6, 6.07) is 59.3. The SMILES string of the molecule is c1ccc2c(c1)sc1cc(-c3c4ccccc4c(-c4cc5c6ccccc6sc5c5cc6sc7ccccc7c6cc45)c4ccccc34)ccc12. The smallest absolute Gasteiger partial charge is 0.0434 e. The summed E-state index contributed by atoms with van der Waals surface area (Å²) in [5, 5.41) is 15.8. The predicted octanol–water partition coefficient (Wildman–Crippen LogP) is 15.6. The van der Waals surface area contributed by atoms with Crippen molar-refractivity contribution in [3.8, 4) is 22.3 Å². The van der Waals surface area contributed by atoms with Gasteiger partial charge in [0, 0.05) is 65.9 Å². The Hall–Kier alpha value is -5.58. The summed E-state index contributed by atoms with van der Waals surface area (Å²) in [6.45, 7) is 0. The van der Waals surface area contributed by atoms with Gasteiger partial charge in [-0.15, -0.1) is 34.0 Å². The minimum absolute atomic E-state index is 1.27. The average molecular weight is 699 g/mol. The molecule has 0 nitrogen and oxygen atoms in total. The fourth-order valence-electron chi connectivity index (χ4n) is 8.63. The molecule has 12 aromatic rings. The summed E-state index contributed by atoms with van der Waals surface area (Å²) in [6.07, 6.45) is 0. The maximum Gasteiger partial charge on any atom is 0.0434 e. The lowest BCUT2D eigenvalue weighted by molar-refractivity contribution is 1.71. The van der Waals surface area contributed by atoms with Gasteiger partial charge in [-0.1, -0.05) is 115 Å². The van der Waals surface area contributed by atoms with Gasteiger partial charge in [0.15, 0.2) is 0 Å². The van der Waals surface area contributed by atoms with Crippen molar-refractivity contribution in [2.75, 3.05) is 0 Å². The van der Waals surface area contributed by atoms with Crippen molar-refractivity contribution < 1.29 is 0 Å². The van der Waals surface area contributed by atoms with E-state index in [4.69, 9.17) is 0 Å². The van der Waals surface area contributed by atoms with Crippen molar-refractivity contribution >= 4 is 127 Å². The zero-order valence-corrected chi connectivity index (χ0v) is 29.7. The minimum atomic E-state index is 1.27. The summed E-state index contributed by atoms with van der Waals surface area (Å²) in [4.78, 5) is 0. The van der Waals surface area contributed by atoms with Crippen molar-refractivity contribution in [2.45, 2.75) is 0 Å². The Balaban J connectivity index is 1.24. The Morgan fingerprint density at radius 2 is 0.706 bits per heavy atom. The normalized spacial score (nSPS) is 12.3. The molecule has 0 amide bonds. The Bertz CT molecular complexity index is 3370. The van der Waals surface area contributed by atoms with Crippen LogP contribution in [-0.4, -0.2) is 0 Å². The first-order chi connectivity index (χ1) is 25.3. The van der Waals surface area contributed by atoms with Crippen molar-refractivity contribution in [1.82, 2.24) is 0 Å². The highest BCUT2D eigenvalue weighted by atomic mass is 32.1. The van der Waals surface area contributed by atoms with Gasteiger partial charge in [-0.3, -0.25) is 0 Å². The van der Waals surface area contributed by atoms with Gasteiger partial charge in [0.25, 0.3) is 0 Å². The lowest BCUT2D eigenvalue weighted by Crippen LogP contribution is -1.92. The minimum Gasteiger partial charge on any atom is -0.135 e. The van der Waals surface area contributed by atoms with E-state index in [2.05, 4.69) is 158 Å². The fourth-order valence-corrected chi connectivity index (χ4v) is 12.1. The van der Waals surface area contributed by atoms with E-state index in [-0.39, 0.29) is 0 Å². The quantitative estimate of drug-likeness (QED) is 0.158. The van der Waals surface area contributed by atoms with Crippen molar-refractivity contribution in [2.24, 2.45) is 0 Å². The highest BCUT2D eigenvalue weighted by Gasteiger charge is 2.22. The van der Waals surface area contributed by atoms with Gasteiger partial charge in [0.2, 0.25) is 0 Å². The molecule has 0 saturated heterocycles. The van der Waals surface area contributed by atoms with Crippen LogP contribution >= 0.6 is 34.0 Å². The van der Waals surface area contributed by atoms with E-state index in [9.17, 15) is 0 Å². The molecule has 0 saturated carbocycles. The van der Waals surface area contributed by atoms with Gasteiger partial charge in [0.05, 0.1) is 0 Å². The van der Waals surface area contributed by atoms with Crippen LogP contribution in [0.4, 0.5) is 0 Å². The number of thiophene rings is 3. The summed E-state index contributed by atoms with van der Waals surface area (Å²) in [5.41, 5.74) is 5.19. The van der Waals surface area contributed by atoms with Gasteiger partial charge < -0.3 is 0 Å². The number of benzene rings is 9. The van der Waals surface area contributed by atoms with Crippen LogP contribution in [0.1, 0.15) is 0 Å². The van der Waals surface area contributed by atoms with Crippen LogP contribution in [0.3, 0.4) is 0 Å². The van der Waals surface area contributed by atoms with E-state index >= 15 is 0 Å². The third-order valence-corrected chi connectivity index (χ3v) is 14.3. The lowest BCUT2D eigenvalue weighted by Gasteiger charge is -2.19. The molecule has 0 aliphatic carbocycles. The molecule has 3 heterocycles. The second-order valence-electron chi connectivity index (χ2n) is 13.5. The van der Waals surface area contributed by atoms with Crippen LogP contribution < -0.4 is 0 Å². The van der Waals surface area contributed by atoms with Gasteiger partial charge in [0.1, 0.15) is 0 Å². The fraction of sp³-hybridized carbons (Fsp3) is 0. The molecule has 0 aliphatic rings. The molecule has 0 atom stereocenters. The molecule has 51 heavy (non-hydrogen) atoms. The first-order valence-corrected chi connectivity index (χ1v) is 19.8. The second kappa shape index (κ2) is 10.5. The number of rotatable bonds is 2. The van der Waals surface area contributed by atoms with E-state index in [1.54, 1.807) is 0 Å². The Labute approximate surface area is 305 Å². The molecule has 0 radical (unpaired) electrons. The van der Waals surface area contributed by atoms with Crippen LogP contribution in [0, 0.1) is 0 Å². The van der Waals surface area contributed by atoms with Crippen molar-refractivity contribution in [3.05, 3.63) is 158 Å². The first kappa shape index (κ1) is 28.2. The average Bonchev–Trinajstić information content (AvgIpc) is 3.86. The lowest BCUT2D eigenvalue weighted by atomic mass is 9.84. The molecule has 0 unspecified atom stereocenters. The van der Waals surface area contributed by atoms with Crippen LogP contribution in [-0.2, 0) is 0 Å². The second-order valence-corrected chi connectivity index (χ2v) is 16.8. The molecule has 0 N–H and O–H groups in total. The van der Waals surface area contributed by atoms with Crippen molar-refractivity contribution in [1.29, 1.82) is 0 Å². The highest BCUT2D eigenvalue weighted by molar-refractivity contribution is 7.27. The van der Waals surface area contributed by atoms with E-state index in [1.165, 1.54) is 115 Å². The summed E-state index contributed by atoms with van der Waals surface area (Å²) in [7, 11) is 0. The van der Waals surface area contributed by atoms with E-state index < -0.39 is 0 Å². The zero-order chi connectivity index (χ0) is 33.2. The molecule has 0 bridgehead atoms. The van der Waals surface area contributed by atoms with E-state index in [0.29, 0.717) is 0 Å². The van der Waals surface area contributed by atoms with Crippen LogP contribution in [0.2, 0.25) is 0 Å². The largest absolute Gasteiger partial charge is 0.135 e. The summed E-state index contributed by atoms with van der Waals surface area (Å²) in [5.74, 6) is 0. The molecule has 9 aromatic carbocycles. The Morgan fingerprint density at radius 3 is 1.33 bits per heavy atom. The number of fused-ring (bicyclic) bond motifs is 13. The van der Waals surface area contributed by atoms with Gasteiger partial charge in [-0.25, -0.2) is 0 Å². The summed E-state index contributed by atoms with van der Waals surface area (Å²) >= 11 is 5.72. The molecule has 236 valence electrons. The standard InChI is InChI=1S/C48H26S3/c1-3-16-34-32(14-1)46(27-21-22-31-28-11-5-8-18-41(28)49-44(31)23-27)33-15-2-4-17-35(33)47(34)38-25-39-30-13-7-10-20-43(30)51-48(39)40-26-45-37(24-36(38)40)29-12-6-9-19-42(29)50-45/h1-26H. The first-order valence-electron chi connectivity index (χ1n) is 17.3. The molecule has 12 rings (SSSR count). The van der Waals surface area contributed by atoms with Crippen LogP contribution in [0.5, 0.6) is 0 Å². The van der Waals surface area contributed by atoms with Gasteiger partial charge in [-0.2, -0.15) is 0 Å². The molecular formula is C48H26S3. The third kappa shape index (κ3) is 3.94. The highest BCUT2D eigenvalue weighted by Crippen LogP contribution is 2.50. The van der Waals surface area contributed by atoms with E-state index in [0.717, 1.165) is 0 Å². The Kier molecular flexibility index (Phi) is 5.78.